The maximum atomic E-state index is 12.4. The predicted octanol–water partition coefficient (Wildman–Crippen LogP) is 3.12. The van der Waals surface area contributed by atoms with Crippen molar-refractivity contribution in [2.45, 2.75) is 45.0 Å². The van der Waals surface area contributed by atoms with Crippen molar-refractivity contribution in [1.82, 2.24) is 0 Å². The minimum absolute atomic E-state index is 0.160. The summed E-state index contributed by atoms with van der Waals surface area (Å²) >= 11 is 0. The summed E-state index contributed by atoms with van der Waals surface area (Å²) in [5.74, 6) is 0. The van der Waals surface area contributed by atoms with Gasteiger partial charge in [0.1, 0.15) is 6.17 Å². The van der Waals surface area contributed by atoms with Gasteiger partial charge in [-0.3, -0.25) is 0 Å². The van der Waals surface area contributed by atoms with E-state index in [0.29, 0.717) is 6.42 Å². The third kappa shape index (κ3) is 5.04. The summed E-state index contributed by atoms with van der Waals surface area (Å²) < 4.78 is 47.5. The Morgan fingerprint density at radius 3 is 2.00 bits per heavy atom. The molecule has 0 aromatic carbocycles. The molecule has 68 valence electrons. The normalized spacial score (nSPS) is 16.9. The standard InChI is InChI=1S/C7H12F4/c1-2-3-5(8)4-6(9)7(10)11/h5-7H,2-4H2,1H3/t5?,6-/m0/s1. The van der Waals surface area contributed by atoms with Gasteiger partial charge in [0.15, 0.2) is 6.17 Å². The summed E-state index contributed by atoms with van der Waals surface area (Å²) in [5, 5.41) is 0. The lowest BCUT2D eigenvalue weighted by Crippen LogP contribution is -2.17. The van der Waals surface area contributed by atoms with Crippen molar-refractivity contribution < 1.29 is 17.6 Å². The van der Waals surface area contributed by atoms with Crippen molar-refractivity contribution in [3.63, 3.8) is 0 Å². The number of hydrogen-bond donors (Lipinski definition) is 0. The molecule has 0 fully saturated rings. The summed E-state index contributed by atoms with van der Waals surface area (Å²) in [6, 6.07) is 0. The molecule has 0 saturated heterocycles. The van der Waals surface area contributed by atoms with Gasteiger partial charge in [-0.05, 0) is 6.42 Å². The Morgan fingerprint density at radius 2 is 1.64 bits per heavy atom. The van der Waals surface area contributed by atoms with E-state index in [-0.39, 0.29) is 6.42 Å². The van der Waals surface area contributed by atoms with Gasteiger partial charge < -0.3 is 0 Å². The largest absolute Gasteiger partial charge is 0.269 e. The average molecular weight is 172 g/mol. The molecule has 0 heterocycles. The molecule has 0 rings (SSSR count). The molecule has 0 nitrogen and oxygen atoms in total. The molecule has 1 unspecified atom stereocenters. The van der Waals surface area contributed by atoms with Gasteiger partial charge in [-0.15, -0.1) is 0 Å². The Kier molecular flexibility index (Phi) is 5.24. The molecule has 0 aliphatic rings. The molecule has 0 aliphatic carbocycles. The zero-order valence-corrected chi connectivity index (χ0v) is 6.37. The van der Waals surface area contributed by atoms with Gasteiger partial charge in [0.2, 0.25) is 0 Å². The van der Waals surface area contributed by atoms with Crippen molar-refractivity contribution in [2.75, 3.05) is 0 Å². The first kappa shape index (κ1) is 10.7. The second-order valence-corrected chi connectivity index (χ2v) is 2.47. The smallest absolute Gasteiger partial charge is 0.247 e. The summed E-state index contributed by atoms with van der Waals surface area (Å²) in [6.07, 6.45) is -6.75. The second kappa shape index (κ2) is 5.38. The minimum Gasteiger partial charge on any atom is -0.247 e. The average Bonchev–Trinajstić information content (AvgIpc) is 1.87. The molecule has 0 N–H and O–H groups in total. The third-order valence-corrected chi connectivity index (χ3v) is 1.36. The predicted molar refractivity (Wildman–Crippen MR) is 35.3 cm³/mol. The highest BCUT2D eigenvalue weighted by Crippen LogP contribution is 2.16. The van der Waals surface area contributed by atoms with E-state index in [1.807, 2.05) is 0 Å². The molecular formula is C7H12F4. The van der Waals surface area contributed by atoms with Crippen LogP contribution in [-0.2, 0) is 0 Å². The van der Waals surface area contributed by atoms with E-state index in [2.05, 4.69) is 0 Å². The summed E-state index contributed by atoms with van der Waals surface area (Å²) in [6.45, 7) is 1.72. The van der Waals surface area contributed by atoms with Crippen LogP contribution in [0.3, 0.4) is 0 Å². The molecular weight excluding hydrogens is 160 g/mol. The molecule has 0 aromatic heterocycles. The van der Waals surface area contributed by atoms with Crippen molar-refractivity contribution in [3.8, 4) is 0 Å². The van der Waals surface area contributed by atoms with Gasteiger partial charge in [-0.2, -0.15) is 0 Å². The van der Waals surface area contributed by atoms with E-state index in [1.54, 1.807) is 6.92 Å². The van der Waals surface area contributed by atoms with Crippen molar-refractivity contribution in [3.05, 3.63) is 0 Å². The van der Waals surface area contributed by atoms with Crippen LogP contribution in [0.2, 0.25) is 0 Å². The SMILES string of the molecule is CCCC(F)C[C@H](F)C(F)F. The Hall–Kier alpha value is -0.280. The van der Waals surface area contributed by atoms with Crippen molar-refractivity contribution in [2.24, 2.45) is 0 Å². The summed E-state index contributed by atoms with van der Waals surface area (Å²) in [4.78, 5) is 0. The molecule has 2 atom stereocenters. The van der Waals surface area contributed by atoms with E-state index in [1.165, 1.54) is 0 Å². The molecule has 0 amide bonds. The maximum absolute atomic E-state index is 12.4. The topological polar surface area (TPSA) is 0 Å². The molecule has 0 spiro atoms. The zero-order valence-electron chi connectivity index (χ0n) is 6.37. The molecule has 4 heteroatoms. The quantitative estimate of drug-likeness (QED) is 0.559. The lowest BCUT2D eigenvalue weighted by molar-refractivity contribution is 0.0305. The van der Waals surface area contributed by atoms with Gasteiger partial charge in [0.25, 0.3) is 6.43 Å². The zero-order chi connectivity index (χ0) is 8.85. The van der Waals surface area contributed by atoms with Gasteiger partial charge in [0, 0.05) is 6.42 Å². The monoisotopic (exact) mass is 172 g/mol. The first-order valence-corrected chi connectivity index (χ1v) is 3.64. The van der Waals surface area contributed by atoms with Crippen molar-refractivity contribution >= 4 is 0 Å². The number of rotatable bonds is 5. The van der Waals surface area contributed by atoms with E-state index in [9.17, 15) is 17.6 Å². The Morgan fingerprint density at radius 1 is 1.09 bits per heavy atom. The molecule has 0 radical (unpaired) electrons. The summed E-state index contributed by atoms with van der Waals surface area (Å²) in [7, 11) is 0. The Labute approximate surface area is 63.6 Å². The highest BCUT2D eigenvalue weighted by molar-refractivity contribution is 4.65. The summed E-state index contributed by atoms with van der Waals surface area (Å²) in [5.41, 5.74) is 0. The minimum atomic E-state index is -3.05. The fourth-order valence-corrected chi connectivity index (χ4v) is 0.778. The van der Waals surface area contributed by atoms with Crippen LogP contribution in [0.1, 0.15) is 26.2 Å². The van der Waals surface area contributed by atoms with Crippen LogP contribution >= 0.6 is 0 Å². The van der Waals surface area contributed by atoms with E-state index in [0.717, 1.165) is 0 Å². The van der Waals surface area contributed by atoms with Crippen LogP contribution in [0.5, 0.6) is 0 Å². The molecule has 11 heavy (non-hydrogen) atoms. The van der Waals surface area contributed by atoms with E-state index in [4.69, 9.17) is 0 Å². The highest BCUT2D eigenvalue weighted by atomic mass is 19.3. The Bertz CT molecular complexity index is 94.4. The van der Waals surface area contributed by atoms with Gasteiger partial charge in [-0.25, -0.2) is 17.6 Å². The van der Waals surface area contributed by atoms with Crippen LogP contribution in [0.4, 0.5) is 17.6 Å². The van der Waals surface area contributed by atoms with Crippen LogP contribution in [-0.4, -0.2) is 18.8 Å². The molecule has 0 aliphatic heterocycles. The molecule has 0 aromatic rings. The maximum Gasteiger partial charge on any atom is 0.269 e. The van der Waals surface area contributed by atoms with E-state index >= 15 is 0 Å². The Balaban J connectivity index is 3.48. The van der Waals surface area contributed by atoms with Crippen LogP contribution < -0.4 is 0 Å². The van der Waals surface area contributed by atoms with Gasteiger partial charge in [0.05, 0.1) is 0 Å². The van der Waals surface area contributed by atoms with Gasteiger partial charge in [-0.1, -0.05) is 13.3 Å². The first-order valence-electron chi connectivity index (χ1n) is 3.64. The molecule has 0 saturated carbocycles. The van der Waals surface area contributed by atoms with Crippen LogP contribution in [0.15, 0.2) is 0 Å². The second-order valence-electron chi connectivity index (χ2n) is 2.47. The number of alkyl halides is 4. The van der Waals surface area contributed by atoms with Crippen LogP contribution in [0, 0.1) is 0 Å². The molecule has 0 bridgehead atoms. The number of halogens is 4. The number of hydrogen-bond acceptors (Lipinski definition) is 0. The van der Waals surface area contributed by atoms with E-state index < -0.39 is 25.2 Å². The first-order chi connectivity index (χ1) is 5.07. The lowest BCUT2D eigenvalue weighted by Gasteiger charge is -2.09. The fourth-order valence-electron chi connectivity index (χ4n) is 0.778. The third-order valence-electron chi connectivity index (χ3n) is 1.36. The lowest BCUT2D eigenvalue weighted by atomic mass is 10.1. The van der Waals surface area contributed by atoms with Gasteiger partial charge >= 0.3 is 0 Å². The van der Waals surface area contributed by atoms with Crippen LogP contribution in [0.25, 0.3) is 0 Å². The fraction of sp³-hybridized carbons (Fsp3) is 1.00. The highest BCUT2D eigenvalue weighted by Gasteiger charge is 2.22. The van der Waals surface area contributed by atoms with Crippen molar-refractivity contribution in [1.29, 1.82) is 0 Å².